The van der Waals surface area contributed by atoms with Gasteiger partial charge in [0.05, 0.1) is 16.4 Å². The van der Waals surface area contributed by atoms with Crippen molar-refractivity contribution in [3.05, 3.63) is 91.5 Å². The minimum atomic E-state index is -0.505. The van der Waals surface area contributed by atoms with Crippen LogP contribution >= 0.6 is 23.4 Å². The Bertz CT molecular complexity index is 1230. The van der Waals surface area contributed by atoms with Crippen molar-refractivity contribution in [3.8, 4) is 11.3 Å². The number of amides is 2. The highest BCUT2D eigenvalue weighted by molar-refractivity contribution is 8.18. The molecule has 2 amide bonds. The summed E-state index contributed by atoms with van der Waals surface area (Å²) in [5.41, 5.74) is 2.40. The van der Waals surface area contributed by atoms with Crippen molar-refractivity contribution in [2.75, 3.05) is 0 Å². The summed E-state index contributed by atoms with van der Waals surface area (Å²) in [6, 6.07) is 14.7. The first-order valence-electron chi connectivity index (χ1n) is 9.17. The van der Waals surface area contributed by atoms with Gasteiger partial charge in [-0.25, -0.2) is 0 Å². The van der Waals surface area contributed by atoms with Crippen LogP contribution in [0.5, 0.6) is 0 Å². The molecular formula is C22H15ClN2O5S. The number of nitro benzene ring substituents is 1. The molecular weight excluding hydrogens is 440 g/mol. The quantitative estimate of drug-likeness (QED) is 0.264. The Balaban J connectivity index is 1.53. The van der Waals surface area contributed by atoms with E-state index in [-0.39, 0.29) is 17.1 Å². The van der Waals surface area contributed by atoms with Crippen LogP contribution in [0.3, 0.4) is 0 Å². The van der Waals surface area contributed by atoms with Crippen molar-refractivity contribution in [1.82, 2.24) is 4.90 Å². The number of carbonyl (C=O) groups is 2. The van der Waals surface area contributed by atoms with Crippen molar-refractivity contribution in [3.63, 3.8) is 0 Å². The molecule has 2 aromatic carbocycles. The van der Waals surface area contributed by atoms with Crippen LogP contribution in [-0.2, 0) is 11.3 Å². The number of rotatable bonds is 5. The number of carbonyl (C=O) groups excluding carboxylic acids is 2. The first kappa shape index (κ1) is 20.9. The van der Waals surface area contributed by atoms with Gasteiger partial charge in [-0.15, -0.1) is 0 Å². The number of hydrogen-bond acceptors (Lipinski definition) is 6. The third kappa shape index (κ3) is 4.40. The second-order valence-corrected chi connectivity index (χ2v) is 8.28. The molecule has 4 rings (SSSR count). The molecule has 1 fully saturated rings. The fourth-order valence-electron chi connectivity index (χ4n) is 3.11. The van der Waals surface area contributed by atoms with Gasteiger partial charge in [-0.1, -0.05) is 29.8 Å². The Morgan fingerprint density at radius 3 is 2.58 bits per heavy atom. The number of hydrogen-bond donors (Lipinski definition) is 0. The SMILES string of the molecule is Cc1ccc(Cl)cc1-c1ccc(/C=C2\SC(=O)N(Cc3ccc([N+](=O)[O-])cc3)C2=O)o1. The van der Waals surface area contributed by atoms with Gasteiger partial charge < -0.3 is 4.42 Å². The number of imide groups is 1. The van der Waals surface area contributed by atoms with E-state index >= 15 is 0 Å². The smallest absolute Gasteiger partial charge is 0.293 e. The van der Waals surface area contributed by atoms with E-state index in [0.717, 1.165) is 27.8 Å². The molecule has 156 valence electrons. The van der Waals surface area contributed by atoms with E-state index in [1.807, 2.05) is 13.0 Å². The van der Waals surface area contributed by atoms with Crippen molar-refractivity contribution in [2.45, 2.75) is 13.5 Å². The van der Waals surface area contributed by atoms with E-state index in [1.165, 1.54) is 30.3 Å². The van der Waals surface area contributed by atoms with Crippen LogP contribution in [0, 0.1) is 17.0 Å². The predicted molar refractivity (Wildman–Crippen MR) is 119 cm³/mol. The number of benzene rings is 2. The highest BCUT2D eigenvalue weighted by atomic mass is 35.5. The van der Waals surface area contributed by atoms with Gasteiger partial charge in [0, 0.05) is 28.8 Å². The summed E-state index contributed by atoms with van der Waals surface area (Å²) in [5.74, 6) is 0.608. The molecule has 0 bridgehead atoms. The fourth-order valence-corrected chi connectivity index (χ4v) is 4.10. The van der Waals surface area contributed by atoms with Gasteiger partial charge in [-0.05, 0) is 54.1 Å². The lowest BCUT2D eigenvalue weighted by atomic mass is 10.1. The third-order valence-corrected chi connectivity index (χ3v) is 5.87. The van der Waals surface area contributed by atoms with Crippen molar-refractivity contribution in [1.29, 1.82) is 0 Å². The maximum Gasteiger partial charge on any atom is 0.293 e. The molecule has 0 unspecified atom stereocenters. The van der Waals surface area contributed by atoms with E-state index in [9.17, 15) is 19.7 Å². The van der Waals surface area contributed by atoms with Crippen LogP contribution < -0.4 is 0 Å². The Morgan fingerprint density at radius 2 is 1.87 bits per heavy atom. The largest absolute Gasteiger partial charge is 0.457 e. The molecule has 0 aliphatic carbocycles. The van der Waals surface area contributed by atoms with Crippen molar-refractivity contribution < 1.29 is 18.9 Å². The summed E-state index contributed by atoms with van der Waals surface area (Å²) in [4.78, 5) is 36.7. The topological polar surface area (TPSA) is 93.7 Å². The van der Waals surface area contributed by atoms with Gasteiger partial charge >= 0.3 is 0 Å². The van der Waals surface area contributed by atoms with Crippen molar-refractivity contribution >= 4 is 46.3 Å². The molecule has 0 spiro atoms. The molecule has 1 aliphatic heterocycles. The molecule has 0 saturated carbocycles. The Morgan fingerprint density at radius 1 is 1.13 bits per heavy atom. The summed E-state index contributed by atoms with van der Waals surface area (Å²) in [6.07, 6.45) is 1.53. The molecule has 1 aliphatic rings. The highest BCUT2D eigenvalue weighted by Crippen LogP contribution is 2.35. The molecule has 0 radical (unpaired) electrons. The van der Waals surface area contributed by atoms with Crippen LogP contribution in [0.1, 0.15) is 16.9 Å². The van der Waals surface area contributed by atoms with E-state index in [2.05, 4.69) is 0 Å². The van der Waals surface area contributed by atoms with Crippen LogP contribution in [0.4, 0.5) is 10.5 Å². The molecule has 0 N–H and O–H groups in total. The Labute approximate surface area is 186 Å². The molecule has 9 heteroatoms. The molecule has 3 aromatic rings. The lowest BCUT2D eigenvalue weighted by molar-refractivity contribution is -0.384. The monoisotopic (exact) mass is 454 g/mol. The van der Waals surface area contributed by atoms with E-state index in [0.29, 0.717) is 22.1 Å². The number of non-ortho nitro benzene ring substituents is 1. The number of aryl methyl sites for hydroxylation is 1. The summed E-state index contributed by atoms with van der Waals surface area (Å²) in [5, 5.41) is 10.9. The summed E-state index contributed by atoms with van der Waals surface area (Å²) >= 11 is 6.90. The Kier molecular flexibility index (Phi) is 5.67. The first-order valence-corrected chi connectivity index (χ1v) is 10.4. The number of nitro groups is 1. The van der Waals surface area contributed by atoms with Gasteiger partial charge in [-0.3, -0.25) is 24.6 Å². The summed E-state index contributed by atoms with van der Waals surface area (Å²) in [7, 11) is 0. The minimum Gasteiger partial charge on any atom is -0.457 e. The number of thioether (sulfide) groups is 1. The predicted octanol–water partition coefficient (Wildman–Crippen LogP) is 6.05. The third-order valence-electron chi connectivity index (χ3n) is 4.73. The Hall–Kier alpha value is -3.36. The second kappa shape index (κ2) is 8.41. The lowest BCUT2D eigenvalue weighted by Gasteiger charge is -2.12. The molecule has 7 nitrogen and oxygen atoms in total. The molecule has 1 aromatic heterocycles. The van der Waals surface area contributed by atoms with Gasteiger partial charge in [0.2, 0.25) is 0 Å². The average Bonchev–Trinajstić information content (AvgIpc) is 3.30. The summed E-state index contributed by atoms with van der Waals surface area (Å²) < 4.78 is 5.85. The minimum absolute atomic E-state index is 0.0329. The number of halogens is 1. The molecule has 31 heavy (non-hydrogen) atoms. The highest BCUT2D eigenvalue weighted by Gasteiger charge is 2.35. The normalized spacial score (nSPS) is 15.2. The standard InChI is InChI=1S/C22H15ClN2O5S/c1-13-2-5-15(23)10-18(13)19-9-8-17(30-19)11-20-21(26)24(22(27)31-20)12-14-3-6-16(7-4-14)25(28)29/h2-11H,12H2,1H3/b20-11-. The fraction of sp³-hybridized carbons (Fsp3) is 0.0909. The zero-order valence-electron chi connectivity index (χ0n) is 16.2. The van der Waals surface area contributed by atoms with Gasteiger partial charge in [0.25, 0.3) is 16.8 Å². The van der Waals surface area contributed by atoms with Crippen LogP contribution in [0.2, 0.25) is 5.02 Å². The molecule has 0 atom stereocenters. The van der Waals surface area contributed by atoms with E-state index < -0.39 is 16.1 Å². The van der Waals surface area contributed by atoms with E-state index in [4.69, 9.17) is 16.0 Å². The molecule has 1 saturated heterocycles. The first-order chi connectivity index (χ1) is 14.8. The van der Waals surface area contributed by atoms with Crippen LogP contribution in [-0.4, -0.2) is 21.0 Å². The molecule has 2 heterocycles. The van der Waals surface area contributed by atoms with E-state index in [1.54, 1.807) is 24.3 Å². The maximum atomic E-state index is 12.7. The zero-order chi connectivity index (χ0) is 22.1. The van der Waals surface area contributed by atoms with Crippen LogP contribution in [0.25, 0.3) is 17.4 Å². The average molecular weight is 455 g/mol. The number of furan rings is 1. The zero-order valence-corrected chi connectivity index (χ0v) is 17.8. The lowest BCUT2D eigenvalue weighted by Crippen LogP contribution is -2.27. The maximum absolute atomic E-state index is 12.7. The van der Waals surface area contributed by atoms with Gasteiger partial charge in [0.1, 0.15) is 11.5 Å². The van der Waals surface area contributed by atoms with Gasteiger partial charge in [0.15, 0.2) is 0 Å². The van der Waals surface area contributed by atoms with Crippen molar-refractivity contribution in [2.24, 2.45) is 0 Å². The number of nitrogens with zero attached hydrogens (tertiary/aromatic N) is 2. The van der Waals surface area contributed by atoms with Gasteiger partial charge in [-0.2, -0.15) is 0 Å². The second-order valence-electron chi connectivity index (χ2n) is 6.85. The van der Waals surface area contributed by atoms with Crippen LogP contribution in [0.15, 0.2) is 63.9 Å². The summed E-state index contributed by atoms with van der Waals surface area (Å²) in [6.45, 7) is 1.97.